The van der Waals surface area contributed by atoms with Crippen molar-refractivity contribution in [2.45, 2.75) is 38.1 Å². The lowest BCUT2D eigenvalue weighted by atomic mass is 10.2. The molecule has 0 atom stereocenters. The van der Waals surface area contributed by atoms with Gasteiger partial charge in [-0.3, -0.25) is 0 Å². The van der Waals surface area contributed by atoms with E-state index in [0.717, 1.165) is 31.5 Å². The first kappa shape index (κ1) is 17.7. The highest BCUT2D eigenvalue weighted by atomic mass is 32.2. The number of aliphatic imine (C=N–C) groups is 1. The second kappa shape index (κ2) is 7.79. The summed E-state index contributed by atoms with van der Waals surface area (Å²) in [4.78, 5) is 6.70. The third kappa shape index (κ3) is 4.23. The summed E-state index contributed by atoms with van der Waals surface area (Å²) in [7, 11) is -3.34. The van der Waals surface area contributed by atoms with Crippen LogP contribution in [0.3, 0.4) is 0 Å². The molecular weight excluding hydrogens is 312 g/mol. The van der Waals surface area contributed by atoms with Crippen LogP contribution in [-0.4, -0.2) is 49.8 Å². The van der Waals surface area contributed by atoms with Gasteiger partial charge in [0.25, 0.3) is 0 Å². The summed E-state index contributed by atoms with van der Waals surface area (Å²) in [5, 5.41) is 0. The predicted molar refractivity (Wildman–Crippen MR) is 92.7 cm³/mol. The van der Waals surface area contributed by atoms with Crippen molar-refractivity contribution in [2.75, 3.05) is 26.2 Å². The molecule has 0 amide bonds. The summed E-state index contributed by atoms with van der Waals surface area (Å²) in [6, 6.07) is 6.93. The second-order valence-corrected chi connectivity index (χ2v) is 7.54. The molecule has 0 bridgehead atoms. The summed E-state index contributed by atoms with van der Waals surface area (Å²) >= 11 is 0. The molecule has 23 heavy (non-hydrogen) atoms. The number of guanidine groups is 1. The van der Waals surface area contributed by atoms with E-state index in [0.29, 0.717) is 30.5 Å². The van der Waals surface area contributed by atoms with Gasteiger partial charge in [-0.1, -0.05) is 12.1 Å². The van der Waals surface area contributed by atoms with Gasteiger partial charge < -0.3 is 10.6 Å². The summed E-state index contributed by atoms with van der Waals surface area (Å²) in [5.41, 5.74) is 6.89. The van der Waals surface area contributed by atoms with Crippen LogP contribution in [0.2, 0.25) is 0 Å². The van der Waals surface area contributed by atoms with Gasteiger partial charge in [-0.2, -0.15) is 4.31 Å². The molecule has 0 radical (unpaired) electrons. The summed E-state index contributed by atoms with van der Waals surface area (Å²) in [6.45, 7) is 7.39. The van der Waals surface area contributed by atoms with Crippen LogP contribution in [0.25, 0.3) is 0 Å². The predicted octanol–water partition coefficient (Wildman–Crippen LogP) is 1.63. The highest BCUT2D eigenvalue weighted by molar-refractivity contribution is 7.89. The van der Waals surface area contributed by atoms with Gasteiger partial charge in [0.2, 0.25) is 10.0 Å². The van der Waals surface area contributed by atoms with Crippen molar-refractivity contribution >= 4 is 16.0 Å². The molecule has 0 aromatic heterocycles. The van der Waals surface area contributed by atoms with E-state index in [-0.39, 0.29) is 0 Å². The largest absolute Gasteiger partial charge is 0.370 e. The molecule has 2 N–H and O–H groups in total. The van der Waals surface area contributed by atoms with Crippen molar-refractivity contribution in [3.05, 3.63) is 29.8 Å². The first-order valence-electron chi connectivity index (χ1n) is 8.13. The fourth-order valence-electron chi connectivity index (χ4n) is 2.66. The van der Waals surface area contributed by atoms with E-state index < -0.39 is 10.0 Å². The Bertz CT molecular complexity index is 631. The van der Waals surface area contributed by atoms with Crippen LogP contribution >= 0.6 is 0 Å². The molecule has 1 aliphatic rings. The molecule has 7 heteroatoms. The Morgan fingerprint density at radius 1 is 1.17 bits per heavy atom. The minimum absolute atomic E-state index is 0.351. The Kier molecular flexibility index (Phi) is 6.01. The molecule has 1 aromatic rings. The van der Waals surface area contributed by atoms with Gasteiger partial charge in [0, 0.05) is 26.2 Å². The molecule has 1 aliphatic heterocycles. The van der Waals surface area contributed by atoms with Crippen LogP contribution in [0.5, 0.6) is 0 Å². The van der Waals surface area contributed by atoms with Gasteiger partial charge in [-0.25, -0.2) is 13.4 Å². The van der Waals surface area contributed by atoms with Crippen LogP contribution in [0.4, 0.5) is 0 Å². The van der Waals surface area contributed by atoms with Crippen molar-refractivity contribution in [2.24, 2.45) is 10.7 Å². The smallest absolute Gasteiger partial charge is 0.243 e. The Hall–Kier alpha value is -1.60. The quantitative estimate of drug-likeness (QED) is 0.631. The van der Waals surface area contributed by atoms with Crippen molar-refractivity contribution in [3.8, 4) is 0 Å². The molecule has 1 heterocycles. The number of rotatable bonds is 6. The number of nitrogens with two attached hydrogens (primary N) is 1. The van der Waals surface area contributed by atoms with E-state index in [2.05, 4.69) is 4.99 Å². The van der Waals surface area contributed by atoms with Gasteiger partial charge in [-0.15, -0.1) is 0 Å². The molecule has 1 fully saturated rings. The molecule has 0 spiro atoms. The normalized spacial score (nSPS) is 16.7. The van der Waals surface area contributed by atoms with Gasteiger partial charge >= 0.3 is 0 Å². The minimum Gasteiger partial charge on any atom is -0.370 e. The molecule has 2 rings (SSSR count). The molecule has 0 aliphatic carbocycles. The van der Waals surface area contributed by atoms with Crippen molar-refractivity contribution in [3.63, 3.8) is 0 Å². The average Bonchev–Trinajstić information content (AvgIpc) is 3.10. The number of hydrogen-bond acceptors (Lipinski definition) is 3. The molecule has 1 aromatic carbocycles. The Balaban J connectivity index is 2.06. The monoisotopic (exact) mass is 338 g/mol. The molecule has 128 valence electrons. The van der Waals surface area contributed by atoms with Crippen LogP contribution in [-0.2, 0) is 16.6 Å². The highest BCUT2D eigenvalue weighted by Gasteiger charge is 2.26. The van der Waals surface area contributed by atoms with Gasteiger partial charge in [0.1, 0.15) is 0 Å². The van der Waals surface area contributed by atoms with Gasteiger partial charge in [0.15, 0.2) is 5.96 Å². The van der Waals surface area contributed by atoms with Crippen LogP contribution in [0.1, 0.15) is 32.3 Å². The van der Waals surface area contributed by atoms with Crippen LogP contribution in [0.15, 0.2) is 34.2 Å². The topological polar surface area (TPSA) is 79.0 Å². The van der Waals surface area contributed by atoms with E-state index in [4.69, 9.17) is 5.73 Å². The maximum atomic E-state index is 12.5. The average molecular weight is 338 g/mol. The summed E-state index contributed by atoms with van der Waals surface area (Å²) in [5.74, 6) is 0.517. The van der Waals surface area contributed by atoms with Crippen molar-refractivity contribution in [1.29, 1.82) is 0 Å². The molecule has 0 saturated carbocycles. The zero-order chi connectivity index (χ0) is 16.9. The standard InChI is InChI=1S/C16H26N4O2S/c1-3-19(4-2)16(17)18-13-14-7-9-15(10-8-14)23(21,22)20-11-5-6-12-20/h7-10H,3-6,11-13H2,1-2H3,(H2,17,18). The van der Waals surface area contributed by atoms with Gasteiger partial charge in [0.05, 0.1) is 11.4 Å². The fraction of sp³-hybridized carbons (Fsp3) is 0.562. The van der Waals surface area contributed by atoms with E-state index in [9.17, 15) is 8.42 Å². The lowest BCUT2D eigenvalue weighted by molar-refractivity contribution is 0.458. The van der Waals surface area contributed by atoms with Crippen molar-refractivity contribution in [1.82, 2.24) is 9.21 Å². The highest BCUT2D eigenvalue weighted by Crippen LogP contribution is 2.21. The Morgan fingerprint density at radius 3 is 2.26 bits per heavy atom. The van der Waals surface area contributed by atoms with E-state index >= 15 is 0 Å². The fourth-order valence-corrected chi connectivity index (χ4v) is 4.18. The first-order valence-corrected chi connectivity index (χ1v) is 9.57. The maximum absolute atomic E-state index is 12.5. The maximum Gasteiger partial charge on any atom is 0.243 e. The molecular formula is C16H26N4O2S. The van der Waals surface area contributed by atoms with E-state index in [1.54, 1.807) is 16.4 Å². The first-order chi connectivity index (χ1) is 11.0. The Morgan fingerprint density at radius 2 is 1.74 bits per heavy atom. The molecule has 6 nitrogen and oxygen atoms in total. The van der Waals surface area contributed by atoms with E-state index in [1.807, 2.05) is 30.9 Å². The molecule has 0 unspecified atom stereocenters. The van der Waals surface area contributed by atoms with E-state index in [1.165, 1.54) is 0 Å². The van der Waals surface area contributed by atoms with Crippen molar-refractivity contribution < 1.29 is 8.42 Å². The minimum atomic E-state index is -3.34. The zero-order valence-electron chi connectivity index (χ0n) is 13.9. The number of sulfonamides is 1. The zero-order valence-corrected chi connectivity index (χ0v) is 14.7. The number of nitrogens with zero attached hydrogens (tertiary/aromatic N) is 3. The number of benzene rings is 1. The number of hydrogen-bond donors (Lipinski definition) is 1. The van der Waals surface area contributed by atoms with Crippen LogP contribution in [0, 0.1) is 0 Å². The lowest BCUT2D eigenvalue weighted by Gasteiger charge is -2.19. The Labute approximate surface area is 139 Å². The lowest BCUT2D eigenvalue weighted by Crippen LogP contribution is -2.37. The summed E-state index contributed by atoms with van der Waals surface area (Å²) in [6.07, 6.45) is 1.88. The second-order valence-electron chi connectivity index (χ2n) is 5.60. The van der Waals surface area contributed by atoms with Gasteiger partial charge in [-0.05, 0) is 44.4 Å². The molecule has 1 saturated heterocycles. The third-order valence-corrected chi connectivity index (χ3v) is 6.05. The summed E-state index contributed by atoms with van der Waals surface area (Å²) < 4.78 is 26.5. The SMILES string of the molecule is CCN(CC)C(N)=NCc1ccc(S(=O)(=O)N2CCCC2)cc1. The van der Waals surface area contributed by atoms with Crippen LogP contribution < -0.4 is 5.73 Å². The third-order valence-electron chi connectivity index (χ3n) is 4.14.